The summed E-state index contributed by atoms with van der Waals surface area (Å²) in [6, 6.07) is 12.6. The van der Waals surface area contributed by atoms with Crippen LogP contribution in [0.5, 0.6) is 5.75 Å². The molecular weight excluding hydrogens is 384 g/mol. The van der Waals surface area contributed by atoms with Gasteiger partial charge in [-0.3, -0.25) is 20.4 Å². The van der Waals surface area contributed by atoms with Crippen LogP contribution in [0.25, 0.3) is 11.0 Å². The van der Waals surface area contributed by atoms with Crippen molar-refractivity contribution < 1.29 is 18.7 Å². The molecule has 7 nitrogen and oxygen atoms in total. The van der Waals surface area contributed by atoms with Crippen molar-refractivity contribution in [3.63, 3.8) is 0 Å². The number of rotatable bonds is 5. The summed E-state index contributed by atoms with van der Waals surface area (Å²) >= 11 is 5.83. The molecule has 0 saturated carbocycles. The predicted octanol–water partition coefficient (Wildman–Crippen LogP) is 3.31. The van der Waals surface area contributed by atoms with Crippen molar-refractivity contribution in [3.8, 4) is 5.75 Å². The lowest BCUT2D eigenvalue weighted by atomic mass is 10.1. The molecule has 0 bridgehead atoms. The first-order valence-corrected chi connectivity index (χ1v) is 8.92. The number of halogens is 1. The van der Waals surface area contributed by atoms with Gasteiger partial charge < -0.3 is 9.15 Å². The molecule has 2 N–H and O–H groups in total. The monoisotopic (exact) mass is 400 g/mol. The van der Waals surface area contributed by atoms with Crippen molar-refractivity contribution in [2.24, 2.45) is 0 Å². The second kappa shape index (κ2) is 8.58. The molecule has 0 aliphatic carbocycles. The fraction of sp³-hybridized carbons (Fsp3) is 0.150. The zero-order valence-corrected chi connectivity index (χ0v) is 15.7. The van der Waals surface area contributed by atoms with E-state index in [9.17, 15) is 14.4 Å². The molecule has 8 heteroatoms. The van der Waals surface area contributed by atoms with E-state index < -0.39 is 17.4 Å². The zero-order valence-electron chi connectivity index (χ0n) is 15.0. The molecule has 144 valence electrons. The third kappa shape index (κ3) is 4.50. The summed E-state index contributed by atoms with van der Waals surface area (Å²) < 4.78 is 10.7. The summed E-state index contributed by atoms with van der Waals surface area (Å²) in [5, 5.41) is 0.936. The van der Waals surface area contributed by atoms with Gasteiger partial charge in [0.05, 0.1) is 6.61 Å². The van der Waals surface area contributed by atoms with Crippen LogP contribution in [0.3, 0.4) is 0 Å². The minimum Gasteiger partial charge on any atom is -0.493 e. The minimum atomic E-state index is -0.824. The largest absolute Gasteiger partial charge is 0.493 e. The topological polar surface area (TPSA) is 97.6 Å². The van der Waals surface area contributed by atoms with Gasteiger partial charge in [-0.15, -0.1) is 0 Å². The second-order valence-electron chi connectivity index (χ2n) is 5.91. The first-order valence-electron chi connectivity index (χ1n) is 8.55. The van der Waals surface area contributed by atoms with Crippen molar-refractivity contribution in [2.75, 3.05) is 6.61 Å². The van der Waals surface area contributed by atoms with E-state index in [-0.39, 0.29) is 11.1 Å². The summed E-state index contributed by atoms with van der Waals surface area (Å²) in [5.41, 5.74) is 3.94. The van der Waals surface area contributed by atoms with Gasteiger partial charge in [-0.1, -0.05) is 24.6 Å². The highest BCUT2D eigenvalue weighted by atomic mass is 35.5. The minimum absolute atomic E-state index is 0.235. The van der Waals surface area contributed by atoms with E-state index in [0.29, 0.717) is 28.3 Å². The lowest BCUT2D eigenvalue weighted by molar-refractivity contribution is 0.0844. The summed E-state index contributed by atoms with van der Waals surface area (Å²) in [5.74, 6) is -0.792. The molecule has 0 spiro atoms. The van der Waals surface area contributed by atoms with Crippen LogP contribution in [0.1, 0.15) is 34.1 Å². The Morgan fingerprint density at radius 1 is 1.07 bits per heavy atom. The molecule has 0 unspecified atom stereocenters. The predicted molar refractivity (Wildman–Crippen MR) is 105 cm³/mol. The Bertz CT molecular complexity index is 1090. The van der Waals surface area contributed by atoms with Gasteiger partial charge in [0.25, 0.3) is 11.8 Å². The number of hydrogen-bond donors (Lipinski definition) is 2. The van der Waals surface area contributed by atoms with E-state index in [1.54, 1.807) is 30.3 Å². The number of hydrogen-bond acceptors (Lipinski definition) is 5. The molecule has 0 aliphatic heterocycles. The maximum Gasteiger partial charge on any atom is 0.349 e. The average molecular weight is 401 g/mol. The summed E-state index contributed by atoms with van der Waals surface area (Å²) in [6.45, 7) is 2.53. The van der Waals surface area contributed by atoms with E-state index in [2.05, 4.69) is 10.9 Å². The van der Waals surface area contributed by atoms with Crippen LogP contribution in [0.2, 0.25) is 5.02 Å². The Kier molecular flexibility index (Phi) is 5.96. The van der Waals surface area contributed by atoms with Crippen LogP contribution >= 0.6 is 11.6 Å². The van der Waals surface area contributed by atoms with Crippen molar-refractivity contribution in [3.05, 3.63) is 75.1 Å². The number of benzene rings is 2. The van der Waals surface area contributed by atoms with E-state index >= 15 is 0 Å². The van der Waals surface area contributed by atoms with E-state index in [0.717, 1.165) is 6.42 Å². The Morgan fingerprint density at radius 3 is 2.61 bits per heavy atom. The van der Waals surface area contributed by atoms with Crippen LogP contribution in [-0.2, 0) is 0 Å². The smallest absolute Gasteiger partial charge is 0.349 e. The first-order chi connectivity index (χ1) is 13.5. The van der Waals surface area contributed by atoms with Gasteiger partial charge in [0.2, 0.25) is 0 Å². The summed E-state index contributed by atoms with van der Waals surface area (Å²) in [6.07, 6.45) is 0.849. The lowest BCUT2D eigenvalue weighted by Gasteiger charge is -2.08. The number of ether oxygens (including phenoxy) is 1. The molecule has 2 aromatic carbocycles. The standard InChI is InChI=1S/C20H17ClN2O5/c1-2-8-27-15-7-6-12-10-16(20(26)28-17(12)11-15)19(25)23-22-18(24)13-4-3-5-14(21)9-13/h3-7,9-11H,2,8H2,1H3,(H,22,24)(H,23,25). The normalized spacial score (nSPS) is 10.5. The van der Waals surface area contributed by atoms with E-state index in [1.807, 2.05) is 6.92 Å². The van der Waals surface area contributed by atoms with Crippen molar-refractivity contribution >= 4 is 34.4 Å². The fourth-order valence-electron chi connectivity index (χ4n) is 2.44. The fourth-order valence-corrected chi connectivity index (χ4v) is 2.63. The Balaban J connectivity index is 1.75. The number of nitrogens with one attached hydrogen (secondary N) is 2. The van der Waals surface area contributed by atoms with Crippen LogP contribution in [0.4, 0.5) is 0 Å². The molecule has 3 aromatic rings. The van der Waals surface area contributed by atoms with Gasteiger partial charge in [-0.05, 0) is 42.8 Å². The molecule has 2 amide bonds. The highest BCUT2D eigenvalue weighted by Crippen LogP contribution is 2.20. The molecule has 1 aromatic heterocycles. The first kappa shape index (κ1) is 19.4. The number of carbonyl (C=O) groups is 2. The zero-order chi connectivity index (χ0) is 20.1. The molecule has 0 atom stereocenters. The van der Waals surface area contributed by atoms with Crippen molar-refractivity contribution in [1.29, 1.82) is 0 Å². The van der Waals surface area contributed by atoms with Gasteiger partial charge in [0.1, 0.15) is 16.9 Å². The average Bonchev–Trinajstić information content (AvgIpc) is 2.69. The van der Waals surface area contributed by atoms with Gasteiger partial charge in [-0.2, -0.15) is 0 Å². The van der Waals surface area contributed by atoms with Crippen molar-refractivity contribution in [2.45, 2.75) is 13.3 Å². The third-order valence-electron chi connectivity index (χ3n) is 3.80. The van der Waals surface area contributed by atoms with Crippen LogP contribution in [0, 0.1) is 0 Å². The maximum atomic E-state index is 12.3. The van der Waals surface area contributed by atoms with E-state index in [4.69, 9.17) is 20.8 Å². The molecule has 1 heterocycles. The van der Waals surface area contributed by atoms with Crippen LogP contribution < -0.4 is 21.2 Å². The van der Waals surface area contributed by atoms with Gasteiger partial charge >= 0.3 is 5.63 Å². The molecular formula is C20H17ClN2O5. The quantitative estimate of drug-likeness (QED) is 0.505. The number of hydrazine groups is 1. The maximum absolute atomic E-state index is 12.3. The Hall–Kier alpha value is -3.32. The molecule has 0 saturated heterocycles. The SMILES string of the molecule is CCCOc1ccc2cc(C(=O)NNC(=O)c3cccc(Cl)c3)c(=O)oc2c1. The van der Waals surface area contributed by atoms with Gasteiger partial charge in [0, 0.05) is 22.0 Å². The molecule has 0 fully saturated rings. The second-order valence-corrected chi connectivity index (χ2v) is 6.35. The molecule has 0 radical (unpaired) electrons. The van der Waals surface area contributed by atoms with Crippen LogP contribution in [0.15, 0.2) is 57.7 Å². The Labute approximate surface area is 165 Å². The van der Waals surface area contributed by atoms with Crippen LogP contribution in [-0.4, -0.2) is 18.4 Å². The molecule has 3 rings (SSSR count). The number of amides is 2. The number of fused-ring (bicyclic) bond motifs is 1. The van der Waals surface area contributed by atoms with Crippen molar-refractivity contribution in [1.82, 2.24) is 10.9 Å². The summed E-state index contributed by atoms with van der Waals surface area (Å²) in [4.78, 5) is 36.5. The van der Waals surface area contributed by atoms with Gasteiger partial charge in [0.15, 0.2) is 0 Å². The Morgan fingerprint density at radius 2 is 1.86 bits per heavy atom. The number of carbonyl (C=O) groups excluding carboxylic acids is 2. The third-order valence-corrected chi connectivity index (χ3v) is 4.04. The molecule has 0 aliphatic rings. The molecule has 28 heavy (non-hydrogen) atoms. The lowest BCUT2D eigenvalue weighted by Crippen LogP contribution is -2.43. The van der Waals surface area contributed by atoms with Gasteiger partial charge in [-0.25, -0.2) is 4.79 Å². The highest BCUT2D eigenvalue weighted by Gasteiger charge is 2.15. The van der Waals surface area contributed by atoms with E-state index in [1.165, 1.54) is 18.2 Å². The summed E-state index contributed by atoms with van der Waals surface area (Å²) in [7, 11) is 0. The highest BCUT2D eigenvalue weighted by molar-refractivity contribution is 6.31.